The van der Waals surface area contributed by atoms with Crippen LogP contribution in [0, 0.1) is 6.92 Å². The fourth-order valence-electron chi connectivity index (χ4n) is 1.25. The van der Waals surface area contributed by atoms with E-state index in [1.807, 2.05) is 0 Å². The van der Waals surface area contributed by atoms with Crippen molar-refractivity contribution in [2.45, 2.75) is 39.2 Å². The van der Waals surface area contributed by atoms with Crippen LogP contribution < -0.4 is 5.73 Å². The number of hydrogen-bond donors (Lipinski definition) is 1. The fourth-order valence-corrected chi connectivity index (χ4v) is 2.02. The van der Waals surface area contributed by atoms with Gasteiger partial charge in [-0.15, -0.1) is 11.3 Å². The minimum Gasteiger partial charge on any atom is -0.324 e. The van der Waals surface area contributed by atoms with Crippen LogP contribution in [-0.2, 0) is 0 Å². The predicted molar refractivity (Wildman–Crippen MR) is 55.5 cm³/mol. The molecule has 2 N–H and O–H groups in total. The van der Waals surface area contributed by atoms with Gasteiger partial charge in [0.05, 0.1) is 0 Å². The number of hydrogen-bond acceptors (Lipinski definition) is 2. The molecule has 1 nitrogen and oxygen atoms in total. The van der Waals surface area contributed by atoms with Crippen LogP contribution in [0.4, 0.5) is 0 Å². The lowest BCUT2D eigenvalue weighted by atomic mass is 10.1. The third-order valence-electron chi connectivity index (χ3n) is 2.05. The minimum absolute atomic E-state index is 0.259. The molecule has 12 heavy (non-hydrogen) atoms. The van der Waals surface area contributed by atoms with Crippen LogP contribution >= 0.6 is 11.3 Å². The Morgan fingerprint density at radius 2 is 2.33 bits per heavy atom. The zero-order valence-electron chi connectivity index (χ0n) is 7.84. The maximum atomic E-state index is 6.00. The molecule has 0 unspecified atom stereocenters. The van der Waals surface area contributed by atoms with E-state index in [4.69, 9.17) is 5.73 Å². The summed E-state index contributed by atoms with van der Waals surface area (Å²) >= 11 is 1.79. The van der Waals surface area contributed by atoms with Crippen molar-refractivity contribution in [1.82, 2.24) is 0 Å². The molecule has 0 aromatic carbocycles. The summed E-state index contributed by atoms with van der Waals surface area (Å²) in [6, 6.07) is 2.46. The number of aryl methyl sites for hydroxylation is 1. The molecule has 0 aliphatic heterocycles. The maximum absolute atomic E-state index is 6.00. The highest BCUT2D eigenvalue weighted by Crippen LogP contribution is 2.22. The molecule has 68 valence electrons. The third kappa shape index (κ3) is 2.61. The van der Waals surface area contributed by atoms with E-state index in [9.17, 15) is 0 Å². The molecule has 0 amide bonds. The van der Waals surface area contributed by atoms with Crippen molar-refractivity contribution in [3.63, 3.8) is 0 Å². The highest BCUT2D eigenvalue weighted by Gasteiger charge is 2.05. The van der Waals surface area contributed by atoms with Crippen molar-refractivity contribution in [3.05, 3.63) is 21.9 Å². The topological polar surface area (TPSA) is 26.0 Å². The molecule has 0 aliphatic rings. The zero-order valence-corrected chi connectivity index (χ0v) is 8.66. The van der Waals surface area contributed by atoms with Gasteiger partial charge in [0.25, 0.3) is 0 Å². The van der Waals surface area contributed by atoms with Crippen molar-refractivity contribution in [2.24, 2.45) is 5.73 Å². The summed E-state index contributed by atoms with van der Waals surface area (Å²) in [5, 5.41) is 2.18. The Balaban J connectivity index is 2.47. The molecule has 0 radical (unpaired) electrons. The largest absolute Gasteiger partial charge is 0.324 e. The van der Waals surface area contributed by atoms with E-state index >= 15 is 0 Å². The first kappa shape index (κ1) is 9.75. The maximum Gasteiger partial charge on any atom is 0.0303 e. The van der Waals surface area contributed by atoms with Gasteiger partial charge >= 0.3 is 0 Å². The van der Waals surface area contributed by atoms with Crippen molar-refractivity contribution in [2.75, 3.05) is 0 Å². The third-order valence-corrected chi connectivity index (χ3v) is 2.93. The molecule has 2 heteroatoms. The molecule has 0 aliphatic carbocycles. The van der Waals surface area contributed by atoms with Crippen molar-refractivity contribution < 1.29 is 0 Å². The van der Waals surface area contributed by atoms with Gasteiger partial charge in [-0.1, -0.05) is 19.8 Å². The molecule has 0 bridgehead atoms. The standard InChI is InChI=1S/C10H17NS/c1-3-4-5-10(11)9-6-8(2)12-7-9/h6-7,10H,3-5,11H2,1-2H3/t10-/m1/s1. The number of rotatable bonds is 4. The highest BCUT2D eigenvalue weighted by atomic mass is 32.1. The summed E-state index contributed by atoms with van der Waals surface area (Å²) in [6.07, 6.45) is 3.58. The van der Waals surface area contributed by atoms with Crippen LogP contribution in [0.5, 0.6) is 0 Å². The van der Waals surface area contributed by atoms with Gasteiger partial charge in [0, 0.05) is 10.9 Å². The number of unbranched alkanes of at least 4 members (excludes halogenated alkanes) is 1. The van der Waals surface area contributed by atoms with Gasteiger partial charge in [0.15, 0.2) is 0 Å². The molecular weight excluding hydrogens is 166 g/mol. The average Bonchev–Trinajstić information content (AvgIpc) is 2.47. The number of nitrogens with two attached hydrogens (primary N) is 1. The predicted octanol–water partition coefficient (Wildman–Crippen LogP) is 3.25. The van der Waals surface area contributed by atoms with Gasteiger partial charge in [-0.3, -0.25) is 0 Å². The molecule has 1 aromatic heterocycles. The van der Waals surface area contributed by atoms with Gasteiger partial charge < -0.3 is 5.73 Å². The van der Waals surface area contributed by atoms with E-state index < -0.39 is 0 Å². The van der Waals surface area contributed by atoms with Crippen molar-refractivity contribution in [1.29, 1.82) is 0 Å². The second kappa shape index (κ2) is 4.63. The van der Waals surface area contributed by atoms with Gasteiger partial charge in [0.2, 0.25) is 0 Å². The molecule has 0 spiro atoms. The molecule has 1 atom stereocenters. The molecule has 1 heterocycles. The van der Waals surface area contributed by atoms with Crippen molar-refractivity contribution in [3.8, 4) is 0 Å². The van der Waals surface area contributed by atoms with Crippen LogP contribution in [0.25, 0.3) is 0 Å². The van der Waals surface area contributed by atoms with Crippen LogP contribution in [0.3, 0.4) is 0 Å². The van der Waals surface area contributed by atoms with E-state index in [2.05, 4.69) is 25.3 Å². The fraction of sp³-hybridized carbons (Fsp3) is 0.600. The Bertz CT molecular complexity index is 229. The average molecular weight is 183 g/mol. The lowest BCUT2D eigenvalue weighted by Gasteiger charge is -2.07. The number of thiophene rings is 1. The van der Waals surface area contributed by atoms with Gasteiger partial charge in [-0.25, -0.2) is 0 Å². The lowest BCUT2D eigenvalue weighted by Crippen LogP contribution is -2.08. The molecule has 0 saturated carbocycles. The normalized spacial score (nSPS) is 13.2. The molecule has 0 saturated heterocycles. The van der Waals surface area contributed by atoms with Crippen LogP contribution in [-0.4, -0.2) is 0 Å². The first-order valence-corrected chi connectivity index (χ1v) is 5.42. The summed E-state index contributed by atoms with van der Waals surface area (Å²) in [5.74, 6) is 0. The van der Waals surface area contributed by atoms with Crippen LogP contribution in [0.15, 0.2) is 11.4 Å². The van der Waals surface area contributed by atoms with Gasteiger partial charge in [0.1, 0.15) is 0 Å². The van der Waals surface area contributed by atoms with Crippen molar-refractivity contribution >= 4 is 11.3 Å². The smallest absolute Gasteiger partial charge is 0.0303 e. The van der Waals surface area contributed by atoms with E-state index in [-0.39, 0.29) is 6.04 Å². The summed E-state index contributed by atoms with van der Waals surface area (Å²) in [7, 11) is 0. The lowest BCUT2D eigenvalue weighted by molar-refractivity contribution is 0.605. The molecular formula is C10H17NS. The first-order chi connectivity index (χ1) is 5.74. The second-order valence-corrected chi connectivity index (χ2v) is 4.35. The Morgan fingerprint density at radius 3 is 2.83 bits per heavy atom. The van der Waals surface area contributed by atoms with E-state index in [1.54, 1.807) is 11.3 Å². The summed E-state index contributed by atoms with van der Waals surface area (Å²) in [5.41, 5.74) is 7.31. The monoisotopic (exact) mass is 183 g/mol. The van der Waals surface area contributed by atoms with E-state index in [0.29, 0.717) is 0 Å². The first-order valence-electron chi connectivity index (χ1n) is 4.54. The van der Waals surface area contributed by atoms with E-state index in [1.165, 1.54) is 23.3 Å². The molecule has 1 rings (SSSR count). The van der Waals surface area contributed by atoms with Crippen LogP contribution in [0.2, 0.25) is 0 Å². The zero-order chi connectivity index (χ0) is 8.97. The summed E-state index contributed by atoms with van der Waals surface area (Å²) in [6.45, 7) is 4.33. The molecule has 1 aromatic rings. The van der Waals surface area contributed by atoms with Gasteiger partial charge in [-0.2, -0.15) is 0 Å². The van der Waals surface area contributed by atoms with E-state index in [0.717, 1.165) is 6.42 Å². The van der Waals surface area contributed by atoms with Gasteiger partial charge in [-0.05, 0) is 30.4 Å². The highest BCUT2D eigenvalue weighted by molar-refractivity contribution is 7.10. The Kier molecular flexibility index (Phi) is 3.76. The Morgan fingerprint density at radius 1 is 1.58 bits per heavy atom. The Labute approximate surface area is 78.6 Å². The summed E-state index contributed by atoms with van der Waals surface area (Å²) < 4.78 is 0. The SMILES string of the molecule is CCCC[C@@H](N)c1csc(C)c1. The molecule has 0 fully saturated rings. The quantitative estimate of drug-likeness (QED) is 0.762. The minimum atomic E-state index is 0.259. The second-order valence-electron chi connectivity index (χ2n) is 3.24. The Hall–Kier alpha value is -0.340. The summed E-state index contributed by atoms with van der Waals surface area (Å²) in [4.78, 5) is 1.36. The van der Waals surface area contributed by atoms with Crippen LogP contribution in [0.1, 0.15) is 42.7 Å².